The van der Waals surface area contributed by atoms with E-state index in [0.29, 0.717) is 18.8 Å². The average Bonchev–Trinajstić information content (AvgIpc) is 2.64. The van der Waals surface area contributed by atoms with Crippen molar-refractivity contribution >= 4 is 11.7 Å². The molecular weight excluding hydrogens is 331 g/mol. The van der Waals surface area contributed by atoms with Crippen LogP contribution in [0.5, 0.6) is 0 Å². The number of ketones is 1. The number of rotatable bonds is 5. The second kappa shape index (κ2) is 8.76. The number of benzene rings is 1. The summed E-state index contributed by atoms with van der Waals surface area (Å²) in [6.07, 6.45) is 6.74. The van der Waals surface area contributed by atoms with Gasteiger partial charge in [0.2, 0.25) is 5.91 Å². The maximum absolute atomic E-state index is 12.9. The molecule has 2 fully saturated rings. The molecular formula is C21H29FN2O2. The number of likely N-dealkylation sites (tertiary alicyclic amines) is 1. The molecule has 1 aromatic carbocycles. The molecule has 0 aromatic heterocycles. The highest BCUT2D eigenvalue weighted by molar-refractivity contribution is 5.81. The van der Waals surface area contributed by atoms with Crippen LogP contribution in [0, 0.1) is 17.7 Å². The van der Waals surface area contributed by atoms with Crippen molar-refractivity contribution in [2.45, 2.75) is 57.4 Å². The summed E-state index contributed by atoms with van der Waals surface area (Å²) in [5.74, 6) is 0.451. The smallest absolute Gasteiger partial charge is 0.227 e. The quantitative estimate of drug-likeness (QED) is 0.878. The Bertz CT molecular complexity index is 623. The summed E-state index contributed by atoms with van der Waals surface area (Å²) in [6, 6.07) is 6.13. The minimum Gasteiger partial charge on any atom is -0.342 e. The van der Waals surface area contributed by atoms with Gasteiger partial charge in [-0.1, -0.05) is 25.0 Å². The zero-order valence-corrected chi connectivity index (χ0v) is 15.3. The Morgan fingerprint density at radius 1 is 1.04 bits per heavy atom. The van der Waals surface area contributed by atoms with Gasteiger partial charge in [-0.05, 0) is 49.3 Å². The Morgan fingerprint density at radius 2 is 1.69 bits per heavy atom. The van der Waals surface area contributed by atoms with Gasteiger partial charge < -0.3 is 10.6 Å². The lowest BCUT2D eigenvalue weighted by molar-refractivity contribution is -0.138. The van der Waals surface area contributed by atoms with Crippen molar-refractivity contribution < 1.29 is 14.0 Å². The molecule has 2 N–H and O–H groups in total. The highest BCUT2D eigenvalue weighted by Crippen LogP contribution is 2.28. The molecule has 0 unspecified atom stereocenters. The minimum absolute atomic E-state index is 0.00580. The van der Waals surface area contributed by atoms with Gasteiger partial charge in [0.15, 0.2) is 0 Å². The SMILES string of the molecule is N[C@H]1CCCC[C@@H]1C(=O)N1CCC(CC(=O)Cc2ccc(F)cc2)CC1. The van der Waals surface area contributed by atoms with Gasteiger partial charge in [-0.25, -0.2) is 4.39 Å². The zero-order chi connectivity index (χ0) is 18.5. The number of nitrogens with zero attached hydrogens (tertiary/aromatic N) is 1. The minimum atomic E-state index is -0.282. The number of nitrogens with two attached hydrogens (primary N) is 1. The van der Waals surface area contributed by atoms with Crippen LogP contribution in [0.3, 0.4) is 0 Å². The van der Waals surface area contributed by atoms with Crippen molar-refractivity contribution in [3.63, 3.8) is 0 Å². The molecule has 1 aromatic rings. The highest BCUT2D eigenvalue weighted by atomic mass is 19.1. The first-order valence-corrected chi connectivity index (χ1v) is 9.83. The Morgan fingerprint density at radius 3 is 2.35 bits per heavy atom. The second-order valence-corrected chi connectivity index (χ2v) is 7.87. The van der Waals surface area contributed by atoms with Gasteiger partial charge in [0, 0.05) is 32.0 Å². The van der Waals surface area contributed by atoms with Crippen LogP contribution in [-0.4, -0.2) is 35.7 Å². The monoisotopic (exact) mass is 360 g/mol. The predicted octanol–water partition coefficient (Wildman–Crippen LogP) is 3.08. The molecule has 0 bridgehead atoms. The summed E-state index contributed by atoms with van der Waals surface area (Å²) in [4.78, 5) is 26.9. The third-order valence-corrected chi connectivity index (χ3v) is 5.89. The van der Waals surface area contributed by atoms with Crippen molar-refractivity contribution in [1.82, 2.24) is 4.90 Å². The van der Waals surface area contributed by atoms with Crippen LogP contribution in [0.15, 0.2) is 24.3 Å². The summed E-state index contributed by atoms with van der Waals surface area (Å²) in [5.41, 5.74) is 7.00. The van der Waals surface area contributed by atoms with Crippen LogP contribution in [0.2, 0.25) is 0 Å². The van der Waals surface area contributed by atoms with E-state index >= 15 is 0 Å². The van der Waals surface area contributed by atoms with Gasteiger partial charge in [-0.3, -0.25) is 9.59 Å². The van der Waals surface area contributed by atoms with Gasteiger partial charge in [0.05, 0.1) is 5.92 Å². The fourth-order valence-corrected chi connectivity index (χ4v) is 4.28. The van der Waals surface area contributed by atoms with Crippen molar-refractivity contribution in [2.75, 3.05) is 13.1 Å². The van der Waals surface area contributed by atoms with Crippen molar-refractivity contribution in [3.05, 3.63) is 35.6 Å². The zero-order valence-electron chi connectivity index (χ0n) is 15.3. The highest BCUT2D eigenvalue weighted by Gasteiger charge is 2.33. The van der Waals surface area contributed by atoms with Crippen LogP contribution in [0.1, 0.15) is 50.5 Å². The lowest BCUT2D eigenvalue weighted by Crippen LogP contribution is -2.48. The molecule has 3 rings (SSSR count). The number of carbonyl (C=O) groups excluding carboxylic acids is 2. The van der Waals surface area contributed by atoms with E-state index in [1.807, 2.05) is 4.90 Å². The van der Waals surface area contributed by atoms with Gasteiger partial charge in [-0.15, -0.1) is 0 Å². The Hall–Kier alpha value is -1.75. The molecule has 5 heteroatoms. The summed E-state index contributed by atoms with van der Waals surface area (Å²) in [5, 5.41) is 0. The molecule has 1 saturated carbocycles. The number of hydrogen-bond acceptors (Lipinski definition) is 3. The number of hydrogen-bond donors (Lipinski definition) is 1. The molecule has 1 aliphatic heterocycles. The van der Waals surface area contributed by atoms with Crippen LogP contribution in [-0.2, 0) is 16.0 Å². The second-order valence-electron chi connectivity index (χ2n) is 7.87. The van der Waals surface area contributed by atoms with E-state index < -0.39 is 0 Å². The first kappa shape index (κ1) is 19.0. The number of halogens is 1. The molecule has 0 radical (unpaired) electrons. The molecule has 2 atom stereocenters. The van der Waals surface area contributed by atoms with Crippen LogP contribution >= 0.6 is 0 Å². The van der Waals surface area contributed by atoms with E-state index in [-0.39, 0.29) is 29.5 Å². The summed E-state index contributed by atoms with van der Waals surface area (Å²) in [7, 11) is 0. The molecule has 4 nitrogen and oxygen atoms in total. The summed E-state index contributed by atoms with van der Waals surface area (Å²) >= 11 is 0. The average molecular weight is 360 g/mol. The van der Waals surface area contributed by atoms with E-state index in [9.17, 15) is 14.0 Å². The number of piperidine rings is 1. The maximum Gasteiger partial charge on any atom is 0.227 e. The molecule has 1 heterocycles. The van der Waals surface area contributed by atoms with Gasteiger partial charge >= 0.3 is 0 Å². The van der Waals surface area contributed by atoms with E-state index in [4.69, 9.17) is 5.73 Å². The molecule has 1 saturated heterocycles. The number of carbonyl (C=O) groups is 2. The standard InChI is InChI=1S/C21H29FN2O2/c22-17-7-5-15(6-8-17)13-18(25)14-16-9-11-24(12-10-16)21(26)19-3-1-2-4-20(19)23/h5-8,16,19-20H,1-4,9-14,23H2/t19-,20-/m0/s1. The van der Waals surface area contributed by atoms with Crippen molar-refractivity contribution in [3.8, 4) is 0 Å². The van der Waals surface area contributed by atoms with E-state index in [2.05, 4.69) is 0 Å². The molecule has 26 heavy (non-hydrogen) atoms. The first-order valence-electron chi connectivity index (χ1n) is 9.83. The van der Waals surface area contributed by atoms with Gasteiger partial charge in [0.25, 0.3) is 0 Å². The first-order chi connectivity index (χ1) is 12.5. The van der Waals surface area contributed by atoms with E-state index in [0.717, 1.165) is 57.2 Å². The largest absolute Gasteiger partial charge is 0.342 e. The third-order valence-electron chi connectivity index (χ3n) is 5.89. The van der Waals surface area contributed by atoms with E-state index in [1.165, 1.54) is 12.1 Å². The molecule has 0 spiro atoms. The van der Waals surface area contributed by atoms with Crippen molar-refractivity contribution in [2.24, 2.45) is 17.6 Å². The van der Waals surface area contributed by atoms with Gasteiger partial charge in [-0.2, -0.15) is 0 Å². The molecule has 1 aliphatic carbocycles. The lowest BCUT2D eigenvalue weighted by atomic mass is 9.83. The Balaban J connectivity index is 1.43. The summed E-state index contributed by atoms with van der Waals surface area (Å²) in [6.45, 7) is 1.47. The Labute approximate surface area is 154 Å². The fraction of sp³-hybridized carbons (Fsp3) is 0.619. The normalized spacial score (nSPS) is 24.5. The fourth-order valence-electron chi connectivity index (χ4n) is 4.28. The maximum atomic E-state index is 12.9. The number of Topliss-reactive ketones (excluding diaryl/α,β-unsaturated/α-hetero) is 1. The molecule has 2 aliphatic rings. The predicted molar refractivity (Wildman–Crippen MR) is 99.0 cm³/mol. The lowest BCUT2D eigenvalue weighted by Gasteiger charge is -2.37. The molecule has 142 valence electrons. The van der Waals surface area contributed by atoms with Crippen molar-refractivity contribution in [1.29, 1.82) is 0 Å². The molecule has 1 amide bonds. The Kier molecular flexibility index (Phi) is 6.41. The summed E-state index contributed by atoms with van der Waals surface area (Å²) < 4.78 is 12.9. The van der Waals surface area contributed by atoms with E-state index in [1.54, 1.807) is 12.1 Å². The van der Waals surface area contributed by atoms with Gasteiger partial charge in [0.1, 0.15) is 11.6 Å². The third kappa shape index (κ3) is 4.91. The number of amides is 1. The van der Waals surface area contributed by atoms with Crippen LogP contribution < -0.4 is 5.73 Å². The topological polar surface area (TPSA) is 63.4 Å². The van der Waals surface area contributed by atoms with Crippen LogP contribution in [0.25, 0.3) is 0 Å². The van der Waals surface area contributed by atoms with Crippen LogP contribution in [0.4, 0.5) is 4.39 Å².